The third-order valence-electron chi connectivity index (χ3n) is 4.28. The lowest BCUT2D eigenvalue weighted by atomic mass is 10.1. The molecule has 0 radical (unpaired) electrons. The zero-order valence-corrected chi connectivity index (χ0v) is 18.0. The molecule has 0 aliphatic rings. The molecule has 5 heteroatoms. The van der Waals surface area contributed by atoms with Gasteiger partial charge < -0.3 is 10.1 Å². The van der Waals surface area contributed by atoms with Gasteiger partial charge in [0.1, 0.15) is 12.4 Å². The minimum atomic E-state index is 0.385. The highest BCUT2D eigenvalue weighted by molar-refractivity contribution is 9.10. The highest BCUT2D eigenvalue weighted by atomic mass is 79.9. The van der Waals surface area contributed by atoms with Crippen LogP contribution in [0.15, 0.2) is 65.1 Å². The summed E-state index contributed by atoms with van der Waals surface area (Å²) in [5, 5.41) is 4.73. The Labute approximate surface area is 178 Å². The molecule has 2 nitrogen and oxygen atoms in total. The van der Waals surface area contributed by atoms with Gasteiger partial charge in [0.2, 0.25) is 0 Å². The van der Waals surface area contributed by atoms with Crippen LogP contribution in [0.4, 0.5) is 5.69 Å². The molecule has 0 bridgehead atoms. The Bertz CT molecular complexity index is 930. The molecular formula is C22H20BrCl2NO. The van der Waals surface area contributed by atoms with Crippen LogP contribution in [-0.2, 0) is 19.6 Å². The van der Waals surface area contributed by atoms with Crippen LogP contribution in [0, 0.1) is 0 Å². The Hall–Kier alpha value is -1.68. The summed E-state index contributed by atoms with van der Waals surface area (Å²) in [6.07, 6.45) is 1.01. The van der Waals surface area contributed by atoms with E-state index in [-0.39, 0.29) is 0 Å². The van der Waals surface area contributed by atoms with E-state index in [1.807, 2.05) is 18.2 Å². The molecule has 140 valence electrons. The molecular weight excluding hydrogens is 445 g/mol. The topological polar surface area (TPSA) is 21.3 Å². The normalized spacial score (nSPS) is 10.7. The minimum Gasteiger partial charge on any atom is -0.488 e. The SMILES string of the molecule is CCc1ccccc1NCc1ccc(OCc2ccc(Cl)cc2Cl)c(Br)c1. The molecule has 0 unspecified atom stereocenters. The van der Waals surface area contributed by atoms with Crippen LogP contribution in [0.5, 0.6) is 5.75 Å². The number of benzene rings is 3. The first kappa shape index (κ1) is 20.1. The average molecular weight is 465 g/mol. The van der Waals surface area contributed by atoms with E-state index >= 15 is 0 Å². The number of ether oxygens (including phenoxy) is 1. The highest BCUT2D eigenvalue weighted by Crippen LogP contribution is 2.29. The van der Waals surface area contributed by atoms with Crippen molar-refractivity contribution in [3.8, 4) is 5.75 Å². The maximum atomic E-state index is 6.20. The molecule has 0 fully saturated rings. The number of anilines is 1. The third-order valence-corrected chi connectivity index (χ3v) is 5.48. The van der Waals surface area contributed by atoms with Crippen molar-refractivity contribution in [3.05, 3.63) is 91.9 Å². The van der Waals surface area contributed by atoms with E-state index in [0.717, 1.165) is 28.8 Å². The van der Waals surface area contributed by atoms with Gasteiger partial charge in [-0.3, -0.25) is 0 Å². The van der Waals surface area contributed by atoms with Crippen LogP contribution in [0.3, 0.4) is 0 Å². The van der Waals surface area contributed by atoms with E-state index < -0.39 is 0 Å². The van der Waals surface area contributed by atoms with Crippen LogP contribution < -0.4 is 10.1 Å². The quantitative estimate of drug-likeness (QED) is 0.390. The summed E-state index contributed by atoms with van der Waals surface area (Å²) in [5.41, 5.74) is 4.56. The van der Waals surface area contributed by atoms with Gasteiger partial charge in [0.15, 0.2) is 0 Å². The number of nitrogens with one attached hydrogen (secondary N) is 1. The molecule has 0 aliphatic carbocycles. The highest BCUT2D eigenvalue weighted by Gasteiger charge is 2.07. The molecule has 0 amide bonds. The van der Waals surface area contributed by atoms with E-state index in [9.17, 15) is 0 Å². The summed E-state index contributed by atoms with van der Waals surface area (Å²) in [6, 6.07) is 19.9. The maximum Gasteiger partial charge on any atom is 0.134 e. The summed E-state index contributed by atoms with van der Waals surface area (Å²) in [5.74, 6) is 0.777. The van der Waals surface area contributed by atoms with E-state index in [2.05, 4.69) is 64.6 Å². The van der Waals surface area contributed by atoms with Crippen LogP contribution in [0.1, 0.15) is 23.6 Å². The molecule has 3 aromatic rings. The zero-order chi connectivity index (χ0) is 19.2. The smallest absolute Gasteiger partial charge is 0.134 e. The standard InChI is InChI=1S/C22H20BrCl2NO/c1-2-16-5-3-4-6-21(16)26-13-15-7-10-22(19(23)11-15)27-14-17-8-9-18(24)12-20(17)25/h3-12,26H,2,13-14H2,1H3. The van der Waals surface area contributed by atoms with Gasteiger partial charge in [0, 0.05) is 27.8 Å². The predicted molar refractivity (Wildman–Crippen MR) is 118 cm³/mol. The van der Waals surface area contributed by atoms with Gasteiger partial charge in [-0.2, -0.15) is 0 Å². The first-order valence-corrected chi connectivity index (χ1v) is 10.3. The van der Waals surface area contributed by atoms with Crippen LogP contribution >= 0.6 is 39.1 Å². The Kier molecular flexibility index (Phi) is 7.06. The summed E-state index contributed by atoms with van der Waals surface area (Å²) in [4.78, 5) is 0. The maximum absolute atomic E-state index is 6.20. The second-order valence-electron chi connectivity index (χ2n) is 6.15. The van der Waals surface area contributed by atoms with Crippen LogP contribution in [0.2, 0.25) is 10.0 Å². The molecule has 0 atom stereocenters. The first-order valence-electron chi connectivity index (χ1n) is 8.73. The van der Waals surface area contributed by atoms with Gasteiger partial charge in [-0.15, -0.1) is 0 Å². The van der Waals surface area contributed by atoms with E-state index in [1.54, 1.807) is 6.07 Å². The summed E-state index contributed by atoms with van der Waals surface area (Å²) >= 11 is 15.7. The Morgan fingerprint density at radius 3 is 2.52 bits per heavy atom. The Morgan fingerprint density at radius 1 is 0.963 bits per heavy atom. The van der Waals surface area contributed by atoms with Crippen LogP contribution in [0.25, 0.3) is 0 Å². The fourth-order valence-electron chi connectivity index (χ4n) is 2.76. The van der Waals surface area contributed by atoms with Gasteiger partial charge in [0.05, 0.1) is 4.47 Å². The van der Waals surface area contributed by atoms with Crippen molar-refractivity contribution in [1.29, 1.82) is 0 Å². The summed E-state index contributed by atoms with van der Waals surface area (Å²) in [6.45, 7) is 3.30. The van der Waals surface area contributed by atoms with Crippen molar-refractivity contribution in [2.45, 2.75) is 26.5 Å². The van der Waals surface area contributed by atoms with Crippen molar-refractivity contribution in [3.63, 3.8) is 0 Å². The van der Waals surface area contributed by atoms with Crippen LogP contribution in [-0.4, -0.2) is 0 Å². The van der Waals surface area contributed by atoms with Gasteiger partial charge in [-0.05, 0) is 63.8 Å². The van der Waals surface area contributed by atoms with Gasteiger partial charge >= 0.3 is 0 Å². The van der Waals surface area contributed by atoms with Crippen molar-refractivity contribution >= 4 is 44.8 Å². The van der Waals surface area contributed by atoms with E-state index in [1.165, 1.54) is 16.8 Å². The first-order chi connectivity index (χ1) is 13.1. The lowest BCUT2D eigenvalue weighted by Gasteiger charge is -2.13. The molecule has 0 spiro atoms. The van der Waals surface area contributed by atoms with E-state index in [0.29, 0.717) is 16.7 Å². The molecule has 0 aliphatic heterocycles. The van der Waals surface area contributed by atoms with Crippen molar-refractivity contribution in [1.82, 2.24) is 0 Å². The molecule has 3 rings (SSSR count). The van der Waals surface area contributed by atoms with E-state index in [4.69, 9.17) is 27.9 Å². The predicted octanol–water partition coefficient (Wildman–Crippen LogP) is 7.51. The molecule has 0 heterocycles. The summed E-state index contributed by atoms with van der Waals surface area (Å²) < 4.78 is 6.82. The lowest BCUT2D eigenvalue weighted by Crippen LogP contribution is -2.02. The molecule has 0 aromatic heterocycles. The van der Waals surface area contributed by atoms with Gasteiger partial charge in [-0.1, -0.05) is 60.5 Å². The molecule has 0 saturated carbocycles. The molecule has 0 saturated heterocycles. The number of hydrogen-bond acceptors (Lipinski definition) is 2. The minimum absolute atomic E-state index is 0.385. The number of para-hydroxylation sites is 1. The van der Waals surface area contributed by atoms with Gasteiger partial charge in [-0.25, -0.2) is 0 Å². The number of halogens is 3. The third kappa shape index (κ3) is 5.41. The fourth-order valence-corrected chi connectivity index (χ4v) is 3.77. The second kappa shape index (κ2) is 9.50. The fraction of sp³-hybridized carbons (Fsp3) is 0.182. The molecule has 1 N–H and O–H groups in total. The number of hydrogen-bond donors (Lipinski definition) is 1. The largest absolute Gasteiger partial charge is 0.488 e. The number of aryl methyl sites for hydroxylation is 1. The van der Waals surface area contributed by atoms with Crippen molar-refractivity contribution in [2.75, 3.05) is 5.32 Å². The van der Waals surface area contributed by atoms with Crippen molar-refractivity contribution < 1.29 is 4.74 Å². The van der Waals surface area contributed by atoms with Crippen molar-refractivity contribution in [2.24, 2.45) is 0 Å². The average Bonchev–Trinajstić information content (AvgIpc) is 2.67. The van der Waals surface area contributed by atoms with Gasteiger partial charge in [0.25, 0.3) is 0 Å². The Morgan fingerprint density at radius 2 is 1.78 bits per heavy atom. The number of rotatable bonds is 7. The Balaban J connectivity index is 1.63. The zero-order valence-electron chi connectivity index (χ0n) is 14.9. The summed E-state index contributed by atoms with van der Waals surface area (Å²) in [7, 11) is 0. The molecule has 27 heavy (non-hydrogen) atoms. The molecule has 3 aromatic carbocycles. The monoisotopic (exact) mass is 463 g/mol. The second-order valence-corrected chi connectivity index (χ2v) is 7.85. The lowest BCUT2D eigenvalue weighted by molar-refractivity contribution is 0.304.